The van der Waals surface area contributed by atoms with Crippen LogP contribution in [0.15, 0.2) is 53.7 Å². The molecule has 202 valence electrons. The van der Waals surface area contributed by atoms with E-state index >= 15 is 0 Å². The number of rotatable bonds is 13. The van der Waals surface area contributed by atoms with Gasteiger partial charge in [0.15, 0.2) is 28.2 Å². The highest BCUT2D eigenvalue weighted by molar-refractivity contribution is 7.92. The Bertz CT molecular complexity index is 1510. The van der Waals surface area contributed by atoms with Crippen molar-refractivity contribution in [3.63, 3.8) is 0 Å². The Morgan fingerprint density at radius 1 is 0.947 bits per heavy atom. The Morgan fingerprint density at radius 2 is 1.68 bits per heavy atom. The monoisotopic (exact) mass is 540 g/mol. The van der Waals surface area contributed by atoms with Gasteiger partial charge in [-0.3, -0.25) is 9.40 Å². The molecule has 12 heteroatoms. The van der Waals surface area contributed by atoms with E-state index in [4.69, 9.17) is 14.2 Å². The minimum Gasteiger partial charge on any atom is -0.497 e. The lowest BCUT2D eigenvalue weighted by atomic mass is 10.2. The van der Waals surface area contributed by atoms with E-state index in [0.717, 1.165) is 19.3 Å². The van der Waals surface area contributed by atoms with E-state index in [2.05, 4.69) is 32.0 Å². The Hall–Kier alpha value is -4.06. The summed E-state index contributed by atoms with van der Waals surface area (Å²) in [6, 6.07) is 12.1. The average Bonchev–Trinajstić information content (AvgIpc) is 3.39. The van der Waals surface area contributed by atoms with Gasteiger partial charge in [0.05, 0.1) is 37.5 Å². The van der Waals surface area contributed by atoms with Gasteiger partial charge in [-0.15, -0.1) is 0 Å². The summed E-state index contributed by atoms with van der Waals surface area (Å²) in [5.41, 5.74) is 1.58. The van der Waals surface area contributed by atoms with Crippen molar-refractivity contribution < 1.29 is 22.6 Å². The predicted molar refractivity (Wildman–Crippen MR) is 146 cm³/mol. The molecule has 0 spiro atoms. The molecule has 38 heavy (non-hydrogen) atoms. The number of para-hydroxylation sites is 2. The molecule has 0 amide bonds. The second kappa shape index (κ2) is 12.0. The van der Waals surface area contributed by atoms with E-state index in [9.17, 15) is 8.42 Å². The van der Waals surface area contributed by atoms with Crippen molar-refractivity contribution in [2.24, 2.45) is 0 Å². The van der Waals surface area contributed by atoms with Gasteiger partial charge in [-0.2, -0.15) is 13.5 Å². The van der Waals surface area contributed by atoms with Crippen LogP contribution in [0.1, 0.15) is 33.1 Å². The van der Waals surface area contributed by atoms with Gasteiger partial charge >= 0.3 is 0 Å². The molecule has 4 aromatic rings. The fraction of sp³-hybridized carbons (Fsp3) is 0.346. The maximum absolute atomic E-state index is 13.3. The van der Waals surface area contributed by atoms with Gasteiger partial charge in [0.2, 0.25) is 0 Å². The van der Waals surface area contributed by atoms with Crippen molar-refractivity contribution in [3.05, 3.63) is 48.7 Å². The van der Waals surface area contributed by atoms with Crippen LogP contribution >= 0.6 is 0 Å². The maximum Gasteiger partial charge on any atom is 0.282 e. The van der Waals surface area contributed by atoms with Crippen molar-refractivity contribution in [3.8, 4) is 17.2 Å². The Kier molecular flexibility index (Phi) is 8.52. The molecular weight excluding hydrogens is 508 g/mol. The van der Waals surface area contributed by atoms with E-state index < -0.39 is 10.0 Å². The van der Waals surface area contributed by atoms with Crippen molar-refractivity contribution >= 4 is 38.4 Å². The molecule has 2 N–H and O–H groups in total. The van der Waals surface area contributed by atoms with Crippen molar-refractivity contribution in [2.45, 2.75) is 44.7 Å². The number of nitrogens with zero attached hydrogens (tertiary/aromatic N) is 4. The molecule has 0 unspecified atom stereocenters. The number of sulfonamides is 1. The van der Waals surface area contributed by atoms with Gasteiger partial charge in [-0.1, -0.05) is 32.4 Å². The van der Waals surface area contributed by atoms with E-state index in [-0.39, 0.29) is 16.7 Å². The van der Waals surface area contributed by atoms with E-state index in [1.165, 1.54) is 13.2 Å². The van der Waals surface area contributed by atoms with Crippen LogP contribution in [-0.2, 0) is 16.6 Å². The van der Waals surface area contributed by atoms with Gasteiger partial charge in [0, 0.05) is 24.9 Å². The number of aromatic nitrogens is 4. The number of anilines is 3. The predicted octanol–water partition coefficient (Wildman–Crippen LogP) is 4.98. The van der Waals surface area contributed by atoms with Crippen molar-refractivity contribution in [1.29, 1.82) is 0 Å². The minimum atomic E-state index is -4.05. The Labute approximate surface area is 222 Å². The summed E-state index contributed by atoms with van der Waals surface area (Å²) in [5.74, 6) is 1.61. The summed E-state index contributed by atoms with van der Waals surface area (Å²) in [6.07, 6.45) is 4.26. The molecule has 0 bridgehead atoms. The number of fused-ring (bicyclic) bond motifs is 1. The largest absolute Gasteiger partial charge is 0.497 e. The number of hydrogen-bond acceptors (Lipinski definition) is 9. The first-order valence-corrected chi connectivity index (χ1v) is 13.9. The fourth-order valence-electron chi connectivity index (χ4n) is 3.71. The molecule has 0 saturated heterocycles. The number of ether oxygens (including phenoxy) is 3. The molecule has 0 radical (unpaired) electrons. The highest BCUT2D eigenvalue weighted by Gasteiger charge is 2.23. The third-order valence-corrected chi connectivity index (χ3v) is 6.86. The molecule has 0 fully saturated rings. The molecule has 4 rings (SSSR count). The molecule has 0 atom stereocenters. The van der Waals surface area contributed by atoms with Crippen LogP contribution in [0.3, 0.4) is 0 Å². The molecule has 0 aliphatic carbocycles. The summed E-state index contributed by atoms with van der Waals surface area (Å²) in [5, 5.41) is 7.28. The number of nitrogens with one attached hydrogen (secondary N) is 2. The molecule has 0 aliphatic rings. The Balaban J connectivity index is 1.78. The second-order valence-electron chi connectivity index (χ2n) is 8.47. The third-order valence-electron chi connectivity index (χ3n) is 5.63. The molecule has 2 aromatic heterocycles. The quantitative estimate of drug-likeness (QED) is 0.226. The summed E-state index contributed by atoms with van der Waals surface area (Å²) in [4.78, 5) is 9.23. The number of methoxy groups -OCH3 is 2. The van der Waals surface area contributed by atoms with Crippen LogP contribution in [0.2, 0.25) is 0 Å². The lowest BCUT2D eigenvalue weighted by Gasteiger charge is -2.19. The zero-order chi connectivity index (χ0) is 27.1. The second-order valence-corrected chi connectivity index (χ2v) is 10.1. The smallest absolute Gasteiger partial charge is 0.282 e. The standard InChI is InChI=1S/C26H32N6O5S/c1-5-7-15-37-24-21(16-18(35-3)17-22(24)36-4)29-25-26(28-20-11-9-8-10-19(20)27-25)31-38(33,34)23-12-14-32(30-23)13-6-2/h8-12,14,16-17H,5-7,13,15H2,1-4H3,(H,27,29)(H,28,31). The first-order chi connectivity index (χ1) is 18.4. The highest BCUT2D eigenvalue weighted by atomic mass is 32.2. The van der Waals surface area contributed by atoms with Gasteiger partial charge in [-0.25, -0.2) is 9.97 Å². The molecule has 2 aromatic carbocycles. The van der Waals surface area contributed by atoms with Crippen LogP contribution in [-0.4, -0.2) is 49.0 Å². The summed E-state index contributed by atoms with van der Waals surface area (Å²) in [6.45, 7) is 5.14. The van der Waals surface area contributed by atoms with Crippen molar-refractivity contribution in [2.75, 3.05) is 30.9 Å². The van der Waals surface area contributed by atoms with Gasteiger partial charge < -0.3 is 19.5 Å². The zero-order valence-electron chi connectivity index (χ0n) is 21.9. The van der Waals surface area contributed by atoms with Crippen LogP contribution in [0.25, 0.3) is 11.0 Å². The average molecular weight is 541 g/mol. The minimum absolute atomic E-state index is 0.00929. The summed E-state index contributed by atoms with van der Waals surface area (Å²) < 4.78 is 47.7. The van der Waals surface area contributed by atoms with E-state index in [0.29, 0.717) is 47.1 Å². The molecule has 2 heterocycles. The molecule has 0 aliphatic heterocycles. The van der Waals surface area contributed by atoms with Gasteiger partial charge in [0.25, 0.3) is 10.0 Å². The Morgan fingerprint density at radius 3 is 2.34 bits per heavy atom. The third kappa shape index (κ3) is 6.08. The van der Waals surface area contributed by atoms with E-state index in [1.54, 1.807) is 48.3 Å². The highest BCUT2D eigenvalue weighted by Crippen LogP contribution is 2.42. The first kappa shape index (κ1) is 27.0. The van der Waals surface area contributed by atoms with Gasteiger partial charge in [0.1, 0.15) is 5.75 Å². The van der Waals surface area contributed by atoms with E-state index in [1.807, 2.05) is 13.0 Å². The van der Waals surface area contributed by atoms with Crippen molar-refractivity contribution in [1.82, 2.24) is 19.7 Å². The SMILES string of the molecule is CCCCOc1c(Nc2nc3ccccc3nc2NS(=O)(=O)c2ccn(CCC)n2)cc(OC)cc1OC. The number of aryl methyl sites for hydroxylation is 1. The number of hydrogen-bond donors (Lipinski definition) is 2. The summed E-state index contributed by atoms with van der Waals surface area (Å²) in [7, 11) is -0.968. The van der Waals surface area contributed by atoms with Crippen LogP contribution < -0.4 is 24.2 Å². The van der Waals surface area contributed by atoms with Gasteiger partial charge in [-0.05, 0) is 31.0 Å². The topological polar surface area (TPSA) is 129 Å². The molecule has 0 saturated carbocycles. The van der Waals surface area contributed by atoms with Crippen LogP contribution in [0.5, 0.6) is 17.2 Å². The zero-order valence-corrected chi connectivity index (χ0v) is 22.7. The molecular formula is C26H32N6O5S. The number of benzene rings is 2. The molecule has 11 nitrogen and oxygen atoms in total. The fourth-order valence-corrected chi connectivity index (χ4v) is 4.67. The van der Waals surface area contributed by atoms with Crippen LogP contribution in [0, 0.1) is 0 Å². The lowest BCUT2D eigenvalue weighted by molar-refractivity contribution is 0.288. The summed E-state index contributed by atoms with van der Waals surface area (Å²) >= 11 is 0. The lowest BCUT2D eigenvalue weighted by Crippen LogP contribution is -2.17. The normalized spacial score (nSPS) is 11.4. The first-order valence-electron chi connectivity index (χ1n) is 12.4. The van der Waals surface area contributed by atoms with Crippen LogP contribution in [0.4, 0.5) is 17.3 Å². The maximum atomic E-state index is 13.3. The number of unbranched alkanes of at least 4 members (excludes halogenated alkanes) is 1.